The van der Waals surface area contributed by atoms with Gasteiger partial charge in [0, 0.05) is 5.41 Å². The average Bonchev–Trinajstić information content (AvgIpc) is 2.65. The van der Waals surface area contributed by atoms with Crippen LogP contribution < -0.4 is 5.73 Å². The van der Waals surface area contributed by atoms with Crippen LogP contribution in [0.15, 0.2) is 11.8 Å². The Balaban J connectivity index is 2.25. The van der Waals surface area contributed by atoms with Gasteiger partial charge in [0.15, 0.2) is 11.7 Å². The number of nitrogens with two attached hydrogens (primary N) is 1. The molecule has 0 aromatic carbocycles. The van der Waals surface area contributed by atoms with Gasteiger partial charge in [-0.05, 0) is 26.8 Å². The average molecular weight is 486 g/mol. The smallest absolute Gasteiger partial charge is 0.397 e. The molecule has 7 N–H and O–H groups in total. The molecule has 7 atom stereocenters. The summed E-state index contributed by atoms with van der Waals surface area (Å²) in [7, 11) is -5.05. The lowest BCUT2D eigenvalue weighted by Crippen LogP contribution is -2.69. The highest BCUT2D eigenvalue weighted by atomic mass is 32.3. The summed E-state index contributed by atoms with van der Waals surface area (Å²) >= 11 is 0. The highest BCUT2D eigenvalue weighted by Gasteiger charge is 2.55. The second-order valence-electron chi connectivity index (χ2n) is 9.05. The van der Waals surface area contributed by atoms with Gasteiger partial charge in [-0.25, -0.2) is 8.98 Å². The minimum absolute atomic E-state index is 0.275. The number of aliphatic hydroxyl groups excluding tert-OH is 3. The van der Waals surface area contributed by atoms with E-state index in [1.165, 1.54) is 6.92 Å². The molecule has 3 unspecified atom stereocenters. The third-order valence-corrected chi connectivity index (χ3v) is 6.43. The van der Waals surface area contributed by atoms with Crippen LogP contribution in [0.3, 0.4) is 0 Å². The van der Waals surface area contributed by atoms with Crippen molar-refractivity contribution in [2.45, 2.75) is 69.4 Å². The van der Waals surface area contributed by atoms with Crippen molar-refractivity contribution in [3.05, 3.63) is 11.8 Å². The van der Waals surface area contributed by atoms with Crippen LogP contribution in [-0.2, 0) is 33.6 Å². The number of aliphatic hydroxyl groups is 3. The lowest BCUT2D eigenvalue weighted by Gasteiger charge is -2.53. The fourth-order valence-electron chi connectivity index (χ4n) is 3.92. The van der Waals surface area contributed by atoms with Crippen LogP contribution in [0.2, 0.25) is 0 Å². The Kier molecular flexibility index (Phi) is 7.66. The molecule has 13 nitrogen and oxygen atoms in total. The first-order chi connectivity index (χ1) is 14.5. The van der Waals surface area contributed by atoms with Crippen LogP contribution >= 0.6 is 0 Å². The van der Waals surface area contributed by atoms with E-state index in [1.54, 1.807) is 20.8 Å². The maximum absolute atomic E-state index is 11.3. The molecule has 2 aliphatic rings. The zero-order valence-corrected chi connectivity index (χ0v) is 19.0. The molecule has 186 valence electrons. The zero-order chi connectivity index (χ0) is 24.7. The van der Waals surface area contributed by atoms with E-state index < -0.39 is 82.4 Å². The van der Waals surface area contributed by atoms with Gasteiger partial charge in [-0.3, -0.25) is 4.55 Å². The molecule has 2 aliphatic heterocycles. The van der Waals surface area contributed by atoms with E-state index in [4.69, 9.17) is 24.5 Å². The van der Waals surface area contributed by atoms with E-state index in [2.05, 4.69) is 4.18 Å². The summed E-state index contributed by atoms with van der Waals surface area (Å²) in [6.45, 7) is 4.85. The van der Waals surface area contributed by atoms with Crippen molar-refractivity contribution in [3.63, 3.8) is 0 Å². The number of carboxylic acids is 1. The molecule has 0 saturated carbocycles. The molecule has 0 radical (unpaired) electrons. The van der Waals surface area contributed by atoms with E-state index in [1.807, 2.05) is 0 Å². The first-order valence-corrected chi connectivity index (χ1v) is 11.1. The van der Waals surface area contributed by atoms with Gasteiger partial charge in [-0.2, -0.15) is 8.42 Å². The highest BCUT2D eigenvalue weighted by molar-refractivity contribution is 7.80. The summed E-state index contributed by atoms with van der Waals surface area (Å²) in [6.07, 6.45) is -4.85. The normalized spacial score (nSPS) is 39.8. The second-order valence-corrected chi connectivity index (χ2v) is 10.1. The predicted octanol–water partition coefficient (Wildman–Crippen LogP) is -1.83. The Morgan fingerprint density at radius 1 is 1.22 bits per heavy atom. The van der Waals surface area contributed by atoms with Gasteiger partial charge in [0.05, 0.1) is 43.7 Å². The predicted molar refractivity (Wildman–Crippen MR) is 107 cm³/mol. The van der Waals surface area contributed by atoms with Gasteiger partial charge in [-0.15, -0.1) is 0 Å². The van der Waals surface area contributed by atoms with Crippen molar-refractivity contribution in [1.82, 2.24) is 0 Å². The summed E-state index contributed by atoms with van der Waals surface area (Å²) < 4.78 is 52.8. The molecule has 0 aliphatic carbocycles. The van der Waals surface area contributed by atoms with Crippen molar-refractivity contribution in [2.75, 3.05) is 19.8 Å². The first kappa shape index (κ1) is 26.9. The lowest BCUT2D eigenvalue weighted by atomic mass is 9.70. The zero-order valence-electron chi connectivity index (χ0n) is 18.2. The first-order valence-electron chi connectivity index (χ1n) is 9.75. The molecular formula is C18H31NO12S. The molecule has 0 aromatic rings. The van der Waals surface area contributed by atoms with Crippen molar-refractivity contribution in [2.24, 2.45) is 11.1 Å². The number of carboxylic acid groups (broad SMARTS) is 1. The van der Waals surface area contributed by atoms with E-state index >= 15 is 0 Å². The van der Waals surface area contributed by atoms with Crippen LogP contribution in [0.25, 0.3) is 0 Å². The van der Waals surface area contributed by atoms with Gasteiger partial charge < -0.3 is 40.4 Å². The Morgan fingerprint density at radius 2 is 1.81 bits per heavy atom. The van der Waals surface area contributed by atoms with E-state index in [-0.39, 0.29) is 6.61 Å². The number of aliphatic carboxylic acids is 1. The number of hydrogen-bond acceptors (Lipinski definition) is 11. The number of rotatable bonds is 8. The van der Waals surface area contributed by atoms with Crippen LogP contribution in [0.5, 0.6) is 0 Å². The van der Waals surface area contributed by atoms with Gasteiger partial charge in [-0.1, -0.05) is 6.92 Å². The quantitative estimate of drug-likeness (QED) is 0.209. The molecule has 32 heavy (non-hydrogen) atoms. The largest absolute Gasteiger partial charge is 0.475 e. The van der Waals surface area contributed by atoms with Gasteiger partial charge >= 0.3 is 16.4 Å². The molecule has 1 fully saturated rings. The molecular weight excluding hydrogens is 454 g/mol. The number of ether oxygens (including phenoxy) is 3. The molecule has 2 heterocycles. The third-order valence-electron chi connectivity index (χ3n) is 5.98. The molecule has 0 amide bonds. The maximum atomic E-state index is 11.3. The van der Waals surface area contributed by atoms with E-state index in [0.717, 1.165) is 6.08 Å². The minimum Gasteiger partial charge on any atom is -0.475 e. The monoisotopic (exact) mass is 485 g/mol. The second kappa shape index (κ2) is 9.12. The minimum atomic E-state index is -5.05. The topological polar surface area (TPSA) is 215 Å². The van der Waals surface area contributed by atoms with Crippen molar-refractivity contribution in [1.29, 1.82) is 0 Å². The van der Waals surface area contributed by atoms with Crippen molar-refractivity contribution < 1.29 is 56.6 Å². The van der Waals surface area contributed by atoms with Crippen molar-refractivity contribution in [3.8, 4) is 0 Å². The van der Waals surface area contributed by atoms with Crippen LogP contribution in [-0.4, -0.2) is 101 Å². The Hall–Kier alpha value is -1.36. The number of carbonyl (C=O) groups is 1. The fraction of sp³-hybridized carbons (Fsp3) is 0.833. The molecule has 0 spiro atoms. The van der Waals surface area contributed by atoms with Crippen LogP contribution in [0, 0.1) is 5.41 Å². The molecule has 14 heteroatoms. The summed E-state index contributed by atoms with van der Waals surface area (Å²) in [6, 6.07) is -0.834. The van der Waals surface area contributed by atoms with E-state index in [9.17, 15) is 33.6 Å². The number of hydrogen-bond donors (Lipinski definition) is 6. The Labute approximate surface area is 185 Å². The van der Waals surface area contributed by atoms with Crippen LogP contribution in [0.4, 0.5) is 0 Å². The Bertz CT molecular complexity index is 841. The van der Waals surface area contributed by atoms with E-state index in [0.29, 0.717) is 0 Å². The Morgan fingerprint density at radius 3 is 2.31 bits per heavy atom. The molecule has 2 rings (SSSR count). The van der Waals surface area contributed by atoms with Gasteiger partial charge in [0.1, 0.15) is 6.10 Å². The standard InChI is InChI=1S/C18H31NO12S/c1-16(2)12(19)13(22)17(3,11(6-20)30-16)7-28-8-18(4)14(31-32(25,26)27)9(21)5-10(29-18)15(23)24/h5,9,11-14,20-22H,6-8,19H2,1-4H3,(H,23,24)(H,25,26,27)/t9-,11?,12?,13+,14?,17+,18+/m0/s1. The van der Waals surface area contributed by atoms with Crippen LogP contribution in [0.1, 0.15) is 27.7 Å². The molecule has 0 bridgehead atoms. The summed E-state index contributed by atoms with van der Waals surface area (Å²) in [5, 5.41) is 40.0. The maximum Gasteiger partial charge on any atom is 0.397 e. The highest BCUT2D eigenvalue weighted by Crippen LogP contribution is 2.41. The summed E-state index contributed by atoms with van der Waals surface area (Å²) in [5.41, 5.74) is 2.06. The van der Waals surface area contributed by atoms with Crippen molar-refractivity contribution >= 4 is 16.4 Å². The van der Waals surface area contributed by atoms with Gasteiger partial charge in [0.2, 0.25) is 5.76 Å². The molecule has 0 aromatic heterocycles. The summed E-state index contributed by atoms with van der Waals surface area (Å²) in [4.78, 5) is 11.3. The fourth-order valence-corrected chi connectivity index (χ4v) is 4.50. The lowest BCUT2D eigenvalue weighted by molar-refractivity contribution is -0.252. The SMILES string of the molecule is CC1(C)OC(CO)[C@@](C)(COC[C@@]2(C)OC(C(=O)O)=C[C@H](O)C2OS(=O)(=O)O)[C@H](O)C1N. The van der Waals surface area contributed by atoms with Gasteiger partial charge in [0.25, 0.3) is 0 Å². The summed E-state index contributed by atoms with van der Waals surface area (Å²) in [5.74, 6) is -2.21. The molecule has 1 saturated heterocycles. The third kappa shape index (κ3) is 5.40.